The molecule has 1 rings (SSSR count). The standard InChI is InChI=1S/C13H15ClO3S/c1-3-17-12(15)8-18-9(2)13(16)10-4-6-11(14)7-5-10/h4-7,9H,3,8H2,1-2H3/t9-/m1/s1. The second-order valence-corrected chi connectivity index (χ2v) is 5.39. The van der Waals surface area contributed by atoms with Crippen molar-refractivity contribution in [3.8, 4) is 0 Å². The van der Waals surface area contributed by atoms with E-state index in [-0.39, 0.29) is 22.8 Å². The van der Waals surface area contributed by atoms with Crippen LogP contribution in [0, 0.1) is 0 Å². The van der Waals surface area contributed by atoms with Crippen molar-refractivity contribution in [3.63, 3.8) is 0 Å². The Morgan fingerprint density at radius 1 is 1.33 bits per heavy atom. The van der Waals surface area contributed by atoms with Gasteiger partial charge >= 0.3 is 5.97 Å². The first-order chi connectivity index (χ1) is 8.54. The van der Waals surface area contributed by atoms with Gasteiger partial charge in [0.25, 0.3) is 0 Å². The highest BCUT2D eigenvalue weighted by molar-refractivity contribution is 8.01. The van der Waals surface area contributed by atoms with Crippen molar-refractivity contribution in [2.45, 2.75) is 19.1 Å². The van der Waals surface area contributed by atoms with Crippen LogP contribution in [0.1, 0.15) is 24.2 Å². The Kier molecular flexibility index (Phi) is 6.22. The van der Waals surface area contributed by atoms with Gasteiger partial charge in [0.15, 0.2) is 5.78 Å². The zero-order valence-electron chi connectivity index (χ0n) is 10.3. The largest absolute Gasteiger partial charge is 0.465 e. The summed E-state index contributed by atoms with van der Waals surface area (Å²) in [5.41, 5.74) is 0.600. The van der Waals surface area contributed by atoms with Crippen molar-refractivity contribution in [1.29, 1.82) is 0 Å². The third-order valence-electron chi connectivity index (χ3n) is 2.25. The number of hydrogen-bond donors (Lipinski definition) is 0. The predicted octanol–water partition coefficient (Wildman–Crippen LogP) is 3.21. The van der Waals surface area contributed by atoms with E-state index in [4.69, 9.17) is 16.3 Å². The minimum atomic E-state index is -0.293. The van der Waals surface area contributed by atoms with Gasteiger partial charge in [0, 0.05) is 10.6 Å². The molecule has 0 saturated carbocycles. The van der Waals surface area contributed by atoms with Gasteiger partial charge < -0.3 is 4.74 Å². The van der Waals surface area contributed by atoms with Crippen molar-refractivity contribution in [1.82, 2.24) is 0 Å². The van der Waals surface area contributed by atoms with Crippen LogP contribution in [0.2, 0.25) is 5.02 Å². The van der Waals surface area contributed by atoms with E-state index in [0.717, 1.165) is 0 Å². The number of carbonyl (C=O) groups excluding carboxylic acids is 2. The maximum absolute atomic E-state index is 12.0. The number of rotatable bonds is 6. The summed E-state index contributed by atoms with van der Waals surface area (Å²) >= 11 is 7.03. The Morgan fingerprint density at radius 3 is 2.50 bits per heavy atom. The minimum Gasteiger partial charge on any atom is -0.465 e. The van der Waals surface area contributed by atoms with Crippen molar-refractivity contribution >= 4 is 35.1 Å². The molecule has 3 nitrogen and oxygen atoms in total. The number of carbonyl (C=O) groups is 2. The monoisotopic (exact) mass is 286 g/mol. The molecule has 18 heavy (non-hydrogen) atoms. The number of ether oxygens (including phenoxy) is 1. The van der Waals surface area contributed by atoms with E-state index < -0.39 is 0 Å². The summed E-state index contributed by atoms with van der Waals surface area (Å²) in [5.74, 6) is -0.117. The van der Waals surface area contributed by atoms with Crippen molar-refractivity contribution in [2.75, 3.05) is 12.4 Å². The molecule has 0 saturated heterocycles. The number of hydrogen-bond acceptors (Lipinski definition) is 4. The molecule has 0 heterocycles. The van der Waals surface area contributed by atoms with Crippen LogP contribution in [0.4, 0.5) is 0 Å². The van der Waals surface area contributed by atoms with Gasteiger partial charge in [-0.3, -0.25) is 9.59 Å². The molecular weight excluding hydrogens is 272 g/mol. The average molecular weight is 287 g/mol. The normalized spacial score (nSPS) is 11.9. The number of thioether (sulfide) groups is 1. The van der Waals surface area contributed by atoms with Crippen LogP contribution < -0.4 is 0 Å². The van der Waals surface area contributed by atoms with Crippen molar-refractivity contribution in [3.05, 3.63) is 34.9 Å². The molecule has 0 aromatic heterocycles. The summed E-state index contributed by atoms with van der Waals surface area (Å²) in [7, 11) is 0. The molecule has 0 aliphatic rings. The molecular formula is C13H15ClO3S. The van der Waals surface area contributed by atoms with Gasteiger partial charge in [0.05, 0.1) is 17.6 Å². The summed E-state index contributed by atoms with van der Waals surface area (Å²) in [6, 6.07) is 6.73. The third kappa shape index (κ3) is 4.70. The van der Waals surface area contributed by atoms with Gasteiger partial charge in [0.2, 0.25) is 0 Å². The quantitative estimate of drug-likeness (QED) is 0.595. The molecule has 1 atom stereocenters. The summed E-state index contributed by atoms with van der Waals surface area (Å²) in [6.07, 6.45) is 0. The van der Waals surface area contributed by atoms with Crippen LogP contribution in [0.15, 0.2) is 24.3 Å². The Bertz CT molecular complexity index is 417. The molecule has 0 aliphatic heterocycles. The number of benzene rings is 1. The lowest BCUT2D eigenvalue weighted by Gasteiger charge is -2.09. The van der Waals surface area contributed by atoms with Crippen molar-refractivity contribution in [2.24, 2.45) is 0 Å². The Morgan fingerprint density at radius 2 is 1.94 bits per heavy atom. The molecule has 0 amide bonds. The van der Waals surface area contributed by atoms with E-state index in [1.807, 2.05) is 0 Å². The lowest BCUT2D eigenvalue weighted by atomic mass is 10.1. The topological polar surface area (TPSA) is 43.4 Å². The van der Waals surface area contributed by atoms with E-state index in [2.05, 4.69) is 0 Å². The number of halogens is 1. The van der Waals surface area contributed by atoms with Gasteiger partial charge in [-0.05, 0) is 38.1 Å². The molecule has 0 spiro atoms. The number of esters is 1. The summed E-state index contributed by atoms with van der Waals surface area (Å²) in [6.45, 7) is 3.89. The van der Waals surface area contributed by atoms with E-state index >= 15 is 0 Å². The van der Waals surface area contributed by atoms with Crippen LogP contribution >= 0.6 is 23.4 Å². The van der Waals surface area contributed by atoms with Gasteiger partial charge in [-0.1, -0.05) is 11.6 Å². The lowest BCUT2D eigenvalue weighted by Crippen LogP contribution is -2.17. The molecule has 1 aromatic carbocycles. The molecule has 0 bridgehead atoms. The molecule has 0 N–H and O–H groups in total. The molecule has 98 valence electrons. The lowest BCUT2D eigenvalue weighted by molar-refractivity contribution is -0.139. The zero-order valence-corrected chi connectivity index (χ0v) is 11.9. The Hall–Kier alpha value is -1.00. The minimum absolute atomic E-state index is 0.0130. The molecule has 0 unspecified atom stereocenters. The van der Waals surface area contributed by atoms with Crippen LogP contribution in [-0.2, 0) is 9.53 Å². The Labute approximate surface area is 116 Å². The van der Waals surface area contributed by atoms with E-state index in [0.29, 0.717) is 17.2 Å². The van der Waals surface area contributed by atoms with Crippen LogP contribution in [0.25, 0.3) is 0 Å². The van der Waals surface area contributed by atoms with E-state index in [9.17, 15) is 9.59 Å². The molecule has 1 aromatic rings. The van der Waals surface area contributed by atoms with E-state index in [1.165, 1.54) is 11.8 Å². The molecule has 0 aliphatic carbocycles. The second kappa shape index (κ2) is 7.44. The SMILES string of the molecule is CCOC(=O)CS[C@H](C)C(=O)c1ccc(Cl)cc1. The van der Waals surface area contributed by atoms with Gasteiger partial charge in [-0.25, -0.2) is 0 Å². The van der Waals surface area contributed by atoms with E-state index in [1.54, 1.807) is 38.1 Å². The zero-order chi connectivity index (χ0) is 13.5. The fourth-order valence-electron chi connectivity index (χ4n) is 1.32. The number of Topliss-reactive ketones (excluding diaryl/α,β-unsaturated/α-hetero) is 1. The highest BCUT2D eigenvalue weighted by Gasteiger charge is 2.17. The summed E-state index contributed by atoms with van der Waals surface area (Å²) in [4.78, 5) is 23.2. The average Bonchev–Trinajstić information content (AvgIpc) is 2.36. The van der Waals surface area contributed by atoms with Crippen LogP contribution in [0.3, 0.4) is 0 Å². The number of ketones is 1. The van der Waals surface area contributed by atoms with Crippen LogP contribution in [-0.4, -0.2) is 29.4 Å². The summed E-state index contributed by atoms with van der Waals surface area (Å²) < 4.78 is 4.80. The fraction of sp³-hybridized carbons (Fsp3) is 0.385. The van der Waals surface area contributed by atoms with Gasteiger partial charge in [-0.2, -0.15) is 0 Å². The maximum Gasteiger partial charge on any atom is 0.315 e. The molecule has 0 fully saturated rings. The van der Waals surface area contributed by atoms with Gasteiger partial charge in [-0.15, -0.1) is 11.8 Å². The highest BCUT2D eigenvalue weighted by atomic mass is 35.5. The highest BCUT2D eigenvalue weighted by Crippen LogP contribution is 2.18. The second-order valence-electron chi connectivity index (χ2n) is 3.63. The molecule has 5 heteroatoms. The smallest absolute Gasteiger partial charge is 0.315 e. The maximum atomic E-state index is 12.0. The van der Waals surface area contributed by atoms with Crippen LogP contribution in [0.5, 0.6) is 0 Å². The first kappa shape index (κ1) is 15.1. The Balaban J connectivity index is 2.51. The van der Waals surface area contributed by atoms with Crippen molar-refractivity contribution < 1.29 is 14.3 Å². The first-order valence-corrected chi connectivity index (χ1v) is 7.04. The molecule has 0 radical (unpaired) electrons. The first-order valence-electron chi connectivity index (χ1n) is 5.61. The fourth-order valence-corrected chi connectivity index (χ4v) is 2.20. The summed E-state index contributed by atoms with van der Waals surface area (Å²) in [5, 5.41) is 0.314. The predicted molar refractivity (Wildman–Crippen MR) is 74.3 cm³/mol. The van der Waals surface area contributed by atoms with Gasteiger partial charge in [0.1, 0.15) is 0 Å². The third-order valence-corrected chi connectivity index (χ3v) is 3.62.